The number of halogens is 4. The molecule has 0 atom stereocenters. The maximum absolute atomic E-state index is 13.2. The van der Waals surface area contributed by atoms with Crippen LogP contribution in [0.2, 0.25) is 0 Å². The molecular weight excluding hydrogens is 232 g/mol. The van der Waals surface area contributed by atoms with Crippen molar-refractivity contribution >= 4 is 5.84 Å². The van der Waals surface area contributed by atoms with Gasteiger partial charge >= 0.3 is 6.61 Å². The minimum atomic E-state index is -3.24. The van der Waals surface area contributed by atoms with Gasteiger partial charge in [-0.3, -0.25) is 0 Å². The average Bonchev–Trinajstić information content (AvgIpc) is 2.22. The molecule has 0 aliphatic carbocycles. The summed E-state index contributed by atoms with van der Waals surface area (Å²) in [5, 5.41) is 10.7. The van der Waals surface area contributed by atoms with Crippen molar-refractivity contribution in [2.75, 3.05) is 0 Å². The van der Waals surface area contributed by atoms with Crippen molar-refractivity contribution in [3.05, 3.63) is 29.3 Å². The molecule has 0 aromatic heterocycles. The number of amidine groups is 1. The van der Waals surface area contributed by atoms with Crippen LogP contribution in [-0.2, 0) is 0 Å². The van der Waals surface area contributed by atoms with E-state index in [-0.39, 0.29) is 0 Å². The van der Waals surface area contributed by atoms with Gasteiger partial charge in [-0.2, -0.15) is 8.78 Å². The molecule has 0 fully saturated rings. The maximum Gasteiger partial charge on any atom is 0.387 e. The van der Waals surface area contributed by atoms with Gasteiger partial charge in [0.15, 0.2) is 17.5 Å². The van der Waals surface area contributed by atoms with E-state index in [0.29, 0.717) is 6.07 Å². The second kappa shape index (κ2) is 4.69. The summed E-state index contributed by atoms with van der Waals surface area (Å²) in [6.45, 7) is -3.24. The molecule has 0 saturated carbocycles. The van der Waals surface area contributed by atoms with Crippen molar-refractivity contribution in [1.29, 1.82) is 0 Å². The van der Waals surface area contributed by atoms with E-state index in [9.17, 15) is 17.6 Å². The summed E-state index contributed by atoms with van der Waals surface area (Å²) < 4.78 is 53.7. The number of hydrogen-bond donors (Lipinski definition) is 2. The highest BCUT2D eigenvalue weighted by Crippen LogP contribution is 2.25. The van der Waals surface area contributed by atoms with E-state index in [1.54, 1.807) is 0 Å². The van der Waals surface area contributed by atoms with Crippen LogP contribution < -0.4 is 10.5 Å². The topological polar surface area (TPSA) is 67.8 Å². The summed E-state index contributed by atoms with van der Waals surface area (Å²) >= 11 is 0. The summed E-state index contributed by atoms with van der Waals surface area (Å²) in [6, 6.07) is 1.33. The molecule has 0 spiro atoms. The number of benzene rings is 1. The third-order valence-corrected chi connectivity index (χ3v) is 1.64. The molecule has 0 aliphatic heterocycles. The van der Waals surface area contributed by atoms with Crippen molar-refractivity contribution in [1.82, 2.24) is 0 Å². The van der Waals surface area contributed by atoms with Crippen LogP contribution in [0.25, 0.3) is 0 Å². The van der Waals surface area contributed by atoms with Crippen molar-refractivity contribution in [2.45, 2.75) is 6.61 Å². The van der Waals surface area contributed by atoms with E-state index in [4.69, 9.17) is 10.9 Å². The fourth-order valence-electron chi connectivity index (χ4n) is 1.02. The second-order valence-electron chi connectivity index (χ2n) is 2.60. The minimum absolute atomic E-state index is 0.585. The third kappa shape index (κ3) is 2.33. The van der Waals surface area contributed by atoms with Crippen LogP contribution in [0.1, 0.15) is 5.56 Å². The van der Waals surface area contributed by atoms with Crippen LogP contribution in [0.5, 0.6) is 5.75 Å². The molecule has 0 saturated heterocycles. The monoisotopic (exact) mass is 238 g/mol. The van der Waals surface area contributed by atoms with Crippen molar-refractivity contribution in [3.63, 3.8) is 0 Å². The minimum Gasteiger partial charge on any atom is -0.434 e. The van der Waals surface area contributed by atoms with Gasteiger partial charge in [0.05, 0.1) is 0 Å². The molecule has 0 unspecified atom stereocenters. The number of hydrogen-bond acceptors (Lipinski definition) is 3. The zero-order chi connectivity index (χ0) is 12.3. The van der Waals surface area contributed by atoms with E-state index in [0.717, 1.165) is 6.07 Å². The smallest absolute Gasteiger partial charge is 0.387 e. The van der Waals surface area contributed by atoms with Gasteiger partial charge in [0, 0.05) is 0 Å². The Bertz CT molecular complexity index is 423. The van der Waals surface area contributed by atoms with E-state index < -0.39 is 35.4 Å². The summed E-state index contributed by atoms with van der Waals surface area (Å²) in [7, 11) is 0. The Morgan fingerprint density at radius 3 is 2.50 bits per heavy atom. The molecule has 1 aromatic rings. The van der Waals surface area contributed by atoms with Gasteiger partial charge in [0.2, 0.25) is 0 Å². The Morgan fingerprint density at radius 1 is 1.38 bits per heavy atom. The second-order valence-corrected chi connectivity index (χ2v) is 2.60. The van der Waals surface area contributed by atoms with Gasteiger partial charge in [0.1, 0.15) is 11.3 Å². The van der Waals surface area contributed by atoms with E-state index in [2.05, 4.69) is 9.89 Å². The van der Waals surface area contributed by atoms with Crippen LogP contribution in [0.15, 0.2) is 17.3 Å². The number of nitrogens with zero attached hydrogens (tertiary/aromatic N) is 1. The highest BCUT2D eigenvalue weighted by atomic mass is 19.3. The van der Waals surface area contributed by atoms with Gasteiger partial charge in [-0.05, 0) is 12.1 Å². The number of alkyl halides is 2. The van der Waals surface area contributed by atoms with Crippen LogP contribution >= 0.6 is 0 Å². The number of oxime groups is 1. The van der Waals surface area contributed by atoms with Crippen LogP contribution in [0.4, 0.5) is 17.6 Å². The lowest BCUT2D eigenvalue weighted by Crippen LogP contribution is -2.18. The largest absolute Gasteiger partial charge is 0.434 e. The molecule has 8 heteroatoms. The first kappa shape index (κ1) is 12.1. The zero-order valence-electron chi connectivity index (χ0n) is 7.62. The molecule has 0 bridgehead atoms. The first-order valence-corrected chi connectivity index (χ1v) is 3.88. The van der Waals surface area contributed by atoms with Gasteiger partial charge in [-0.25, -0.2) is 8.78 Å². The van der Waals surface area contributed by atoms with E-state index in [1.165, 1.54) is 0 Å². The van der Waals surface area contributed by atoms with Crippen molar-refractivity contribution < 1.29 is 27.5 Å². The standard InChI is InChI=1S/C8H6F4N2O2/c9-3-1-2-4(16-8(11)12)5(6(3)10)7(13)14-15/h1-2,8,15H,(H2,13,14). The molecule has 0 radical (unpaired) electrons. The molecule has 1 rings (SSSR count). The lowest BCUT2D eigenvalue weighted by Gasteiger charge is -2.10. The Morgan fingerprint density at radius 2 is 2.00 bits per heavy atom. The van der Waals surface area contributed by atoms with Gasteiger partial charge < -0.3 is 15.7 Å². The third-order valence-electron chi connectivity index (χ3n) is 1.64. The van der Waals surface area contributed by atoms with Crippen LogP contribution in [0.3, 0.4) is 0 Å². The average molecular weight is 238 g/mol. The molecule has 0 amide bonds. The lowest BCUT2D eigenvalue weighted by atomic mass is 10.1. The highest BCUT2D eigenvalue weighted by Gasteiger charge is 2.20. The molecule has 0 aliphatic rings. The van der Waals surface area contributed by atoms with Gasteiger partial charge in [0.25, 0.3) is 0 Å². The summed E-state index contributed by atoms with van der Waals surface area (Å²) in [4.78, 5) is 0. The number of ether oxygens (including phenoxy) is 1. The summed E-state index contributed by atoms with van der Waals surface area (Å²) in [5.41, 5.74) is 4.15. The number of nitrogens with two attached hydrogens (primary N) is 1. The van der Waals surface area contributed by atoms with E-state index >= 15 is 0 Å². The Kier molecular flexibility index (Phi) is 3.54. The van der Waals surface area contributed by atoms with Gasteiger partial charge in [-0.1, -0.05) is 5.16 Å². The lowest BCUT2D eigenvalue weighted by molar-refractivity contribution is -0.0502. The van der Waals surface area contributed by atoms with Crippen molar-refractivity contribution in [3.8, 4) is 5.75 Å². The Labute approximate surface area is 86.9 Å². The molecule has 4 nitrogen and oxygen atoms in total. The molecule has 0 heterocycles. The van der Waals surface area contributed by atoms with Gasteiger partial charge in [-0.15, -0.1) is 0 Å². The first-order valence-electron chi connectivity index (χ1n) is 3.88. The molecular formula is C8H6F4N2O2. The molecule has 88 valence electrons. The molecule has 1 aromatic carbocycles. The summed E-state index contributed by atoms with van der Waals surface area (Å²) in [6.07, 6.45) is 0. The SMILES string of the molecule is N/C(=N/O)c1c(OC(F)F)ccc(F)c1F. The highest BCUT2D eigenvalue weighted by molar-refractivity contribution is 5.99. The predicted molar refractivity (Wildman–Crippen MR) is 45.5 cm³/mol. The Balaban J connectivity index is 3.33. The molecule has 16 heavy (non-hydrogen) atoms. The molecule has 3 N–H and O–H groups in total. The zero-order valence-corrected chi connectivity index (χ0v) is 7.62. The normalized spacial score (nSPS) is 11.9. The van der Waals surface area contributed by atoms with Crippen LogP contribution in [-0.4, -0.2) is 17.7 Å². The Hall–Kier alpha value is -1.99. The fourth-order valence-corrected chi connectivity index (χ4v) is 1.02. The summed E-state index contributed by atoms with van der Waals surface area (Å²) in [5.74, 6) is -4.45. The fraction of sp³-hybridized carbons (Fsp3) is 0.125. The van der Waals surface area contributed by atoms with Crippen LogP contribution in [0, 0.1) is 11.6 Å². The van der Waals surface area contributed by atoms with E-state index in [1.807, 2.05) is 0 Å². The van der Waals surface area contributed by atoms with Crippen molar-refractivity contribution in [2.24, 2.45) is 10.9 Å². The number of rotatable bonds is 3. The quantitative estimate of drug-likeness (QED) is 0.276. The maximum atomic E-state index is 13.2. The first-order chi connectivity index (χ1) is 7.47. The predicted octanol–water partition coefficient (Wildman–Crippen LogP) is 1.66.